The number of halogens is 3. The van der Waals surface area contributed by atoms with Gasteiger partial charge in [0.25, 0.3) is 0 Å². The van der Waals surface area contributed by atoms with Crippen LogP contribution in [0.3, 0.4) is 0 Å². The van der Waals surface area contributed by atoms with Crippen molar-refractivity contribution in [2.75, 3.05) is 0 Å². The number of carbonyl (C=O) groups is 1. The fourth-order valence-electron chi connectivity index (χ4n) is 2.15. The number of carboxylic acid groups (broad SMARTS) is 1. The Morgan fingerprint density at radius 2 is 1.85 bits per heavy atom. The van der Waals surface area contributed by atoms with E-state index in [1.165, 1.54) is 6.20 Å². The molecule has 1 aromatic carbocycles. The lowest BCUT2D eigenvalue weighted by atomic mass is 10.1. The number of rotatable bonds is 2. The third-order valence-electron chi connectivity index (χ3n) is 3.24. The van der Waals surface area contributed by atoms with Gasteiger partial charge in [-0.3, -0.25) is 4.79 Å². The van der Waals surface area contributed by atoms with Gasteiger partial charge in [-0.05, 0) is 18.9 Å². The second-order valence-electron chi connectivity index (χ2n) is 4.60. The maximum atomic E-state index is 13.3. The van der Waals surface area contributed by atoms with Crippen LogP contribution in [-0.4, -0.2) is 15.6 Å². The van der Waals surface area contributed by atoms with Crippen molar-refractivity contribution in [3.8, 4) is 0 Å². The van der Waals surface area contributed by atoms with E-state index in [0.717, 1.165) is 25.0 Å². The second-order valence-corrected chi connectivity index (χ2v) is 4.60. The Balaban J connectivity index is 0.00000147. The zero-order valence-corrected chi connectivity index (χ0v) is 10.9. The van der Waals surface area contributed by atoms with E-state index in [4.69, 9.17) is 5.11 Å². The molecule has 1 heterocycles. The molecule has 4 nitrogen and oxygen atoms in total. The first-order chi connectivity index (χ1) is 8.99. The van der Waals surface area contributed by atoms with Gasteiger partial charge in [0, 0.05) is 23.7 Å². The molecule has 3 rings (SSSR count). The van der Waals surface area contributed by atoms with Crippen molar-refractivity contribution in [2.24, 2.45) is 0 Å². The molecule has 0 spiro atoms. The van der Waals surface area contributed by atoms with Crippen LogP contribution in [-0.2, 0) is 0 Å². The number of aromatic nitrogens is 1. The van der Waals surface area contributed by atoms with Crippen LogP contribution in [0.5, 0.6) is 0 Å². The van der Waals surface area contributed by atoms with Gasteiger partial charge >= 0.3 is 5.97 Å². The summed E-state index contributed by atoms with van der Waals surface area (Å²) in [7, 11) is 0. The molecular weight excluding hydrogens is 292 g/mol. The van der Waals surface area contributed by atoms with Crippen molar-refractivity contribution < 1.29 is 18.7 Å². The van der Waals surface area contributed by atoms with Gasteiger partial charge in [-0.1, -0.05) is 0 Å². The maximum absolute atomic E-state index is 13.3. The molecule has 0 radical (unpaired) electrons. The molecule has 106 valence electrons. The van der Waals surface area contributed by atoms with Crippen LogP contribution in [0, 0.1) is 11.6 Å². The molecule has 0 atom stereocenters. The molecule has 0 bridgehead atoms. The molecule has 7 heteroatoms. The lowest BCUT2D eigenvalue weighted by Crippen LogP contribution is -2.19. The molecule has 1 aliphatic rings. The normalized spacial score (nSPS) is 14.1. The molecule has 1 saturated carbocycles. The van der Waals surface area contributed by atoms with Crippen LogP contribution in [0.4, 0.5) is 8.78 Å². The monoisotopic (exact) mass is 301 g/mol. The SMILES string of the molecule is Cl.O=C(O)c1cn(C2CC2)c2cc(F)c(F)cc2c1=O. The van der Waals surface area contributed by atoms with E-state index in [2.05, 4.69) is 0 Å². The van der Waals surface area contributed by atoms with Crippen LogP contribution in [0.1, 0.15) is 29.2 Å². The number of benzene rings is 1. The molecule has 0 amide bonds. The van der Waals surface area contributed by atoms with Gasteiger partial charge in [0.2, 0.25) is 5.43 Å². The summed E-state index contributed by atoms with van der Waals surface area (Å²) in [5.41, 5.74) is -0.986. The summed E-state index contributed by atoms with van der Waals surface area (Å²) >= 11 is 0. The van der Waals surface area contributed by atoms with Gasteiger partial charge in [-0.15, -0.1) is 12.4 Å². The van der Waals surface area contributed by atoms with Gasteiger partial charge in [0.05, 0.1) is 5.52 Å². The Bertz CT molecular complexity index is 768. The summed E-state index contributed by atoms with van der Waals surface area (Å²) in [6.45, 7) is 0. The summed E-state index contributed by atoms with van der Waals surface area (Å²) in [6.07, 6.45) is 2.87. The van der Waals surface area contributed by atoms with Crippen LogP contribution in [0.25, 0.3) is 10.9 Å². The van der Waals surface area contributed by atoms with Gasteiger partial charge in [0.1, 0.15) is 5.56 Å². The van der Waals surface area contributed by atoms with Gasteiger partial charge in [0.15, 0.2) is 11.6 Å². The zero-order chi connectivity index (χ0) is 13.7. The smallest absolute Gasteiger partial charge is 0.341 e. The Morgan fingerprint density at radius 3 is 2.40 bits per heavy atom. The lowest BCUT2D eigenvalue weighted by Gasteiger charge is -2.11. The second kappa shape index (κ2) is 4.86. The number of carboxylic acids is 1. The molecule has 1 fully saturated rings. The van der Waals surface area contributed by atoms with E-state index in [1.807, 2.05) is 0 Å². The van der Waals surface area contributed by atoms with Crippen LogP contribution in [0.15, 0.2) is 23.1 Å². The highest BCUT2D eigenvalue weighted by Crippen LogP contribution is 2.37. The molecule has 1 aromatic heterocycles. The minimum absolute atomic E-state index is 0. The van der Waals surface area contributed by atoms with Crippen molar-refractivity contribution in [3.05, 3.63) is 45.8 Å². The maximum Gasteiger partial charge on any atom is 0.341 e. The molecule has 2 aromatic rings. The first-order valence-electron chi connectivity index (χ1n) is 5.76. The number of nitrogens with zero attached hydrogens (tertiary/aromatic N) is 1. The molecule has 20 heavy (non-hydrogen) atoms. The van der Waals surface area contributed by atoms with E-state index in [-0.39, 0.29) is 29.4 Å². The average Bonchev–Trinajstić information content (AvgIpc) is 3.16. The van der Waals surface area contributed by atoms with Crippen molar-refractivity contribution >= 4 is 29.3 Å². The third kappa shape index (κ3) is 2.16. The highest BCUT2D eigenvalue weighted by molar-refractivity contribution is 5.92. The van der Waals surface area contributed by atoms with Crippen LogP contribution in [0.2, 0.25) is 0 Å². The minimum Gasteiger partial charge on any atom is -0.477 e. The predicted octanol–water partition coefficient (Wildman–Crippen LogP) is 2.73. The molecule has 0 aliphatic heterocycles. The first-order valence-corrected chi connectivity index (χ1v) is 5.76. The van der Waals surface area contributed by atoms with Gasteiger partial charge < -0.3 is 9.67 Å². The van der Waals surface area contributed by atoms with Gasteiger partial charge in [-0.2, -0.15) is 0 Å². The van der Waals surface area contributed by atoms with Crippen molar-refractivity contribution in [2.45, 2.75) is 18.9 Å². The number of aromatic carboxylic acids is 1. The topological polar surface area (TPSA) is 59.3 Å². The van der Waals surface area contributed by atoms with E-state index in [1.54, 1.807) is 4.57 Å². The molecule has 0 saturated heterocycles. The summed E-state index contributed by atoms with van der Waals surface area (Å²) in [5.74, 6) is -3.58. The standard InChI is InChI=1S/C13H9F2NO3.ClH/c14-9-3-7-11(4-10(9)15)16(6-1-2-6)5-8(12(7)17)13(18)19;/h3-6H,1-2H2,(H,18,19);1H. The number of hydrogen-bond donors (Lipinski definition) is 1. The Morgan fingerprint density at radius 1 is 1.25 bits per heavy atom. The summed E-state index contributed by atoms with van der Waals surface area (Å²) in [5, 5.41) is 8.89. The van der Waals surface area contributed by atoms with E-state index >= 15 is 0 Å². The minimum atomic E-state index is -1.37. The fraction of sp³-hybridized carbons (Fsp3) is 0.231. The Labute approximate surface area is 118 Å². The summed E-state index contributed by atoms with van der Waals surface area (Å²) < 4.78 is 28.1. The highest BCUT2D eigenvalue weighted by Gasteiger charge is 2.27. The van der Waals surface area contributed by atoms with Crippen molar-refractivity contribution in [3.63, 3.8) is 0 Å². The average molecular weight is 302 g/mol. The summed E-state index contributed by atoms with van der Waals surface area (Å²) in [6, 6.07) is 1.75. The van der Waals surface area contributed by atoms with Crippen LogP contribution >= 0.6 is 12.4 Å². The zero-order valence-electron chi connectivity index (χ0n) is 10.1. The predicted molar refractivity (Wildman–Crippen MR) is 70.6 cm³/mol. The highest BCUT2D eigenvalue weighted by atomic mass is 35.5. The van der Waals surface area contributed by atoms with E-state index < -0.39 is 28.6 Å². The van der Waals surface area contributed by atoms with Gasteiger partial charge in [-0.25, -0.2) is 13.6 Å². The van der Waals surface area contributed by atoms with Crippen LogP contribution < -0.4 is 5.43 Å². The largest absolute Gasteiger partial charge is 0.477 e. The first kappa shape index (κ1) is 14.5. The molecular formula is C13H10ClF2NO3. The lowest BCUT2D eigenvalue weighted by molar-refractivity contribution is 0.0695. The number of hydrogen-bond acceptors (Lipinski definition) is 2. The van der Waals surface area contributed by atoms with E-state index in [0.29, 0.717) is 0 Å². The third-order valence-corrected chi connectivity index (χ3v) is 3.24. The molecule has 0 unspecified atom stereocenters. The van der Waals surface area contributed by atoms with E-state index in [9.17, 15) is 18.4 Å². The molecule has 1 N–H and O–H groups in total. The Hall–Kier alpha value is -1.95. The fourth-order valence-corrected chi connectivity index (χ4v) is 2.15. The number of pyridine rings is 1. The Kier molecular flexibility index (Phi) is 3.52. The number of fused-ring (bicyclic) bond motifs is 1. The quantitative estimate of drug-likeness (QED) is 0.928. The van der Waals surface area contributed by atoms with Crippen molar-refractivity contribution in [1.29, 1.82) is 0 Å². The van der Waals surface area contributed by atoms with Crippen molar-refractivity contribution in [1.82, 2.24) is 4.57 Å². The molecule has 1 aliphatic carbocycles. The summed E-state index contributed by atoms with van der Waals surface area (Å²) in [4.78, 5) is 23.0.